The minimum absolute atomic E-state index is 0.0309. The number of sulfonamides is 1. The van der Waals surface area contributed by atoms with E-state index in [0.717, 1.165) is 0 Å². The van der Waals surface area contributed by atoms with Crippen molar-refractivity contribution in [2.45, 2.75) is 4.90 Å². The van der Waals surface area contributed by atoms with Crippen LogP contribution in [0.2, 0.25) is 5.15 Å². The summed E-state index contributed by atoms with van der Waals surface area (Å²) in [6.45, 7) is 0. The van der Waals surface area contributed by atoms with Crippen LogP contribution in [0.15, 0.2) is 45.8 Å². The van der Waals surface area contributed by atoms with E-state index in [-0.39, 0.29) is 21.6 Å². The summed E-state index contributed by atoms with van der Waals surface area (Å²) in [5.41, 5.74) is 0. The van der Waals surface area contributed by atoms with Gasteiger partial charge in [0.1, 0.15) is 21.6 Å². The maximum absolute atomic E-state index is 12.3. The fourth-order valence-electron chi connectivity index (χ4n) is 1.51. The number of methoxy groups -OCH3 is 1. The van der Waals surface area contributed by atoms with Crippen LogP contribution < -0.4 is 9.46 Å². The molecule has 5 nitrogen and oxygen atoms in total. The second-order valence-corrected chi connectivity index (χ2v) is 6.59. The molecule has 0 saturated heterocycles. The van der Waals surface area contributed by atoms with Crippen molar-refractivity contribution < 1.29 is 13.2 Å². The number of rotatable bonds is 4. The smallest absolute Gasteiger partial charge is 0.266 e. The SMILES string of the molecule is COc1ccccc1S(=O)(=O)Nc1ccc(Br)c(Cl)n1. The number of ether oxygens (including phenoxy) is 1. The van der Waals surface area contributed by atoms with E-state index < -0.39 is 10.0 Å². The normalized spacial score (nSPS) is 11.2. The topological polar surface area (TPSA) is 68.3 Å². The lowest BCUT2D eigenvalue weighted by Crippen LogP contribution is -2.15. The fraction of sp³-hybridized carbons (Fsp3) is 0.0833. The van der Waals surface area contributed by atoms with Gasteiger partial charge in [0.25, 0.3) is 10.0 Å². The first kappa shape index (κ1) is 15.1. The molecule has 2 aromatic rings. The number of halogens is 2. The lowest BCUT2D eigenvalue weighted by atomic mass is 10.3. The Balaban J connectivity index is 2.38. The van der Waals surface area contributed by atoms with Gasteiger partial charge in [-0.1, -0.05) is 23.7 Å². The van der Waals surface area contributed by atoms with Gasteiger partial charge in [0, 0.05) is 0 Å². The zero-order chi connectivity index (χ0) is 14.8. The van der Waals surface area contributed by atoms with E-state index in [1.165, 1.54) is 19.2 Å². The summed E-state index contributed by atoms with van der Waals surface area (Å²) in [5.74, 6) is 0.382. The van der Waals surface area contributed by atoms with Crippen LogP contribution in [0.5, 0.6) is 5.75 Å². The number of nitrogens with one attached hydrogen (secondary N) is 1. The van der Waals surface area contributed by atoms with Crippen molar-refractivity contribution in [1.82, 2.24) is 4.98 Å². The molecule has 0 aliphatic carbocycles. The van der Waals surface area contributed by atoms with Gasteiger partial charge in [0.2, 0.25) is 0 Å². The number of hydrogen-bond acceptors (Lipinski definition) is 4. The number of anilines is 1. The molecule has 0 aliphatic rings. The molecule has 0 saturated carbocycles. The number of para-hydroxylation sites is 1. The summed E-state index contributed by atoms with van der Waals surface area (Å²) in [6.07, 6.45) is 0. The first-order valence-corrected chi connectivity index (χ1v) is 8.07. The minimum atomic E-state index is -3.80. The minimum Gasteiger partial charge on any atom is -0.495 e. The highest BCUT2D eigenvalue weighted by atomic mass is 79.9. The molecular weight excluding hydrogens is 368 g/mol. The van der Waals surface area contributed by atoms with Crippen molar-refractivity contribution in [2.75, 3.05) is 11.8 Å². The van der Waals surface area contributed by atoms with Crippen LogP contribution in [0.25, 0.3) is 0 Å². The predicted octanol–water partition coefficient (Wildman–Crippen LogP) is 3.31. The Kier molecular flexibility index (Phi) is 4.52. The summed E-state index contributed by atoms with van der Waals surface area (Å²) >= 11 is 9.01. The van der Waals surface area contributed by atoms with Gasteiger partial charge < -0.3 is 4.74 Å². The largest absolute Gasteiger partial charge is 0.495 e. The van der Waals surface area contributed by atoms with Crippen molar-refractivity contribution in [3.05, 3.63) is 46.0 Å². The van der Waals surface area contributed by atoms with Crippen LogP contribution >= 0.6 is 27.5 Å². The molecule has 1 N–H and O–H groups in total. The second kappa shape index (κ2) is 5.99. The van der Waals surface area contributed by atoms with Crippen molar-refractivity contribution >= 4 is 43.4 Å². The molecule has 0 fully saturated rings. The molecule has 0 aliphatic heterocycles. The second-order valence-electron chi connectivity index (χ2n) is 3.73. The summed E-state index contributed by atoms with van der Waals surface area (Å²) in [5, 5.41) is 0.172. The highest BCUT2D eigenvalue weighted by molar-refractivity contribution is 9.10. The van der Waals surface area contributed by atoms with Gasteiger partial charge in [0.05, 0.1) is 11.6 Å². The van der Waals surface area contributed by atoms with Crippen LogP contribution in [0.3, 0.4) is 0 Å². The van der Waals surface area contributed by atoms with Gasteiger partial charge in [-0.25, -0.2) is 13.4 Å². The number of pyridine rings is 1. The molecule has 2 rings (SSSR count). The number of hydrogen-bond donors (Lipinski definition) is 1. The maximum Gasteiger partial charge on any atom is 0.266 e. The molecule has 1 heterocycles. The lowest BCUT2D eigenvalue weighted by molar-refractivity contribution is 0.403. The molecule has 1 aromatic carbocycles. The van der Waals surface area contributed by atoms with E-state index in [0.29, 0.717) is 4.47 Å². The molecule has 0 unspecified atom stereocenters. The van der Waals surface area contributed by atoms with Gasteiger partial charge in [-0.15, -0.1) is 0 Å². The van der Waals surface area contributed by atoms with Gasteiger partial charge in [-0.05, 0) is 40.2 Å². The third kappa shape index (κ3) is 3.23. The summed E-state index contributed by atoms with van der Waals surface area (Å²) in [6, 6.07) is 9.42. The molecule has 0 radical (unpaired) electrons. The molecule has 106 valence electrons. The lowest BCUT2D eigenvalue weighted by Gasteiger charge is -2.11. The first-order chi connectivity index (χ1) is 9.44. The van der Waals surface area contributed by atoms with Crippen molar-refractivity contribution in [3.63, 3.8) is 0 Å². The fourth-order valence-corrected chi connectivity index (χ4v) is 3.06. The Labute approximate surface area is 130 Å². The Morgan fingerprint density at radius 1 is 1.25 bits per heavy atom. The highest BCUT2D eigenvalue weighted by Crippen LogP contribution is 2.26. The maximum atomic E-state index is 12.3. The first-order valence-electron chi connectivity index (χ1n) is 5.42. The van der Waals surface area contributed by atoms with Crippen LogP contribution in [-0.2, 0) is 10.0 Å². The average Bonchev–Trinajstić information content (AvgIpc) is 2.42. The van der Waals surface area contributed by atoms with Gasteiger partial charge in [-0.3, -0.25) is 4.72 Å². The van der Waals surface area contributed by atoms with Gasteiger partial charge in [0.15, 0.2) is 0 Å². The van der Waals surface area contributed by atoms with Gasteiger partial charge in [-0.2, -0.15) is 0 Å². The molecule has 0 amide bonds. The molecule has 0 atom stereocenters. The van der Waals surface area contributed by atoms with E-state index in [4.69, 9.17) is 16.3 Å². The van der Waals surface area contributed by atoms with E-state index in [9.17, 15) is 8.42 Å². The summed E-state index contributed by atoms with van der Waals surface area (Å²) in [4.78, 5) is 3.96. The Morgan fingerprint density at radius 3 is 2.60 bits per heavy atom. The van der Waals surface area contributed by atoms with Crippen molar-refractivity contribution in [1.29, 1.82) is 0 Å². The van der Waals surface area contributed by atoms with Crippen LogP contribution in [0.1, 0.15) is 0 Å². The summed E-state index contributed by atoms with van der Waals surface area (Å²) < 4.78 is 32.6. The number of nitrogens with zero attached hydrogens (tertiary/aromatic N) is 1. The average molecular weight is 378 g/mol. The van der Waals surface area contributed by atoms with E-state index in [1.54, 1.807) is 24.3 Å². The Hall–Kier alpha value is -1.31. The number of benzene rings is 1. The quantitative estimate of drug-likeness (QED) is 0.830. The van der Waals surface area contributed by atoms with Crippen LogP contribution in [-0.4, -0.2) is 20.5 Å². The number of aromatic nitrogens is 1. The molecule has 8 heteroatoms. The zero-order valence-corrected chi connectivity index (χ0v) is 13.5. The van der Waals surface area contributed by atoms with E-state index in [1.807, 2.05) is 0 Å². The standard InChI is InChI=1S/C12H10BrClN2O3S/c1-19-9-4-2-3-5-10(9)20(17,18)16-11-7-6-8(13)12(14)15-11/h2-7H,1H3,(H,15,16). The molecular formula is C12H10BrClN2O3S. The Morgan fingerprint density at radius 2 is 1.95 bits per heavy atom. The molecule has 1 aromatic heterocycles. The third-order valence-corrected chi connectivity index (χ3v) is 4.95. The molecule has 0 spiro atoms. The van der Waals surface area contributed by atoms with Crippen LogP contribution in [0.4, 0.5) is 5.82 Å². The van der Waals surface area contributed by atoms with E-state index in [2.05, 4.69) is 25.6 Å². The monoisotopic (exact) mass is 376 g/mol. The zero-order valence-electron chi connectivity index (χ0n) is 10.3. The predicted molar refractivity (Wildman–Crippen MR) is 80.7 cm³/mol. The van der Waals surface area contributed by atoms with Crippen LogP contribution in [0, 0.1) is 0 Å². The summed E-state index contributed by atoms with van der Waals surface area (Å²) in [7, 11) is -2.39. The Bertz CT molecular complexity index is 737. The highest BCUT2D eigenvalue weighted by Gasteiger charge is 2.19. The van der Waals surface area contributed by atoms with Crippen molar-refractivity contribution in [3.8, 4) is 5.75 Å². The van der Waals surface area contributed by atoms with E-state index >= 15 is 0 Å². The van der Waals surface area contributed by atoms with Crippen molar-refractivity contribution in [2.24, 2.45) is 0 Å². The molecule has 20 heavy (non-hydrogen) atoms. The molecule has 0 bridgehead atoms. The third-order valence-electron chi connectivity index (χ3n) is 2.40. The van der Waals surface area contributed by atoms with Gasteiger partial charge >= 0.3 is 0 Å².